The number of anilines is 1. The van der Waals surface area contributed by atoms with Crippen LogP contribution in [0, 0.1) is 5.92 Å². The Morgan fingerprint density at radius 1 is 1.25 bits per heavy atom. The summed E-state index contributed by atoms with van der Waals surface area (Å²) in [4.78, 5) is 12.5. The molecule has 1 aliphatic heterocycles. The quantitative estimate of drug-likeness (QED) is 0.773. The fourth-order valence-corrected chi connectivity index (χ4v) is 3.33. The van der Waals surface area contributed by atoms with Gasteiger partial charge >= 0.3 is 0 Å². The van der Waals surface area contributed by atoms with Crippen molar-refractivity contribution in [1.82, 2.24) is 5.32 Å². The van der Waals surface area contributed by atoms with Gasteiger partial charge in [0.25, 0.3) is 0 Å². The van der Waals surface area contributed by atoms with Crippen LogP contribution >= 0.6 is 0 Å². The van der Waals surface area contributed by atoms with Crippen molar-refractivity contribution in [3.63, 3.8) is 0 Å². The van der Waals surface area contributed by atoms with Gasteiger partial charge in [-0.1, -0.05) is 18.2 Å². The number of piperidine rings is 1. The van der Waals surface area contributed by atoms with Gasteiger partial charge in [-0.15, -0.1) is 0 Å². The smallest absolute Gasteiger partial charge is 0.228 e. The van der Waals surface area contributed by atoms with E-state index in [0.29, 0.717) is 11.4 Å². The van der Waals surface area contributed by atoms with E-state index in [4.69, 9.17) is 9.15 Å². The molecule has 1 fully saturated rings. The summed E-state index contributed by atoms with van der Waals surface area (Å²) < 4.78 is 11.4. The van der Waals surface area contributed by atoms with E-state index in [1.54, 1.807) is 7.11 Å². The zero-order valence-electron chi connectivity index (χ0n) is 13.6. The average molecular weight is 324 g/mol. The molecular formula is C19H20N2O3. The summed E-state index contributed by atoms with van der Waals surface area (Å²) in [5.41, 5.74) is 2.23. The highest BCUT2D eigenvalue weighted by molar-refractivity contribution is 6.07. The Bertz CT molecular complexity index is 894. The predicted molar refractivity (Wildman–Crippen MR) is 94.5 cm³/mol. The Labute approximate surface area is 140 Å². The molecule has 2 aromatic carbocycles. The second kappa shape index (κ2) is 6.17. The maximum Gasteiger partial charge on any atom is 0.228 e. The van der Waals surface area contributed by atoms with Crippen molar-refractivity contribution in [3.8, 4) is 5.75 Å². The second-order valence-electron chi connectivity index (χ2n) is 6.18. The molecule has 0 spiro atoms. The van der Waals surface area contributed by atoms with Gasteiger partial charge in [0.1, 0.15) is 16.9 Å². The van der Waals surface area contributed by atoms with Crippen molar-refractivity contribution < 1.29 is 13.9 Å². The lowest BCUT2D eigenvalue weighted by Crippen LogP contribution is -2.37. The number of fused-ring (bicyclic) bond motifs is 3. The molecule has 0 aliphatic carbocycles. The molecule has 1 amide bonds. The lowest BCUT2D eigenvalue weighted by atomic mass is 9.98. The van der Waals surface area contributed by atoms with Crippen LogP contribution in [0.15, 0.2) is 40.8 Å². The van der Waals surface area contributed by atoms with E-state index < -0.39 is 0 Å². The number of nitrogens with one attached hydrogen (secondary N) is 2. The van der Waals surface area contributed by atoms with Crippen molar-refractivity contribution in [3.05, 3.63) is 36.4 Å². The van der Waals surface area contributed by atoms with Crippen LogP contribution in [0.25, 0.3) is 21.9 Å². The largest absolute Gasteiger partial charge is 0.495 e. The number of rotatable bonds is 3. The third-order valence-electron chi connectivity index (χ3n) is 4.62. The number of benzene rings is 2. The second-order valence-corrected chi connectivity index (χ2v) is 6.18. The number of hydrogen-bond donors (Lipinski definition) is 2. The molecule has 2 N–H and O–H groups in total. The fourth-order valence-electron chi connectivity index (χ4n) is 3.33. The Hall–Kier alpha value is -2.53. The first-order valence-corrected chi connectivity index (χ1v) is 8.27. The van der Waals surface area contributed by atoms with E-state index in [0.717, 1.165) is 47.9 Å². The summed E-state index contributed by atoms with van der Waals surface area (Å²) in [6, 6.07) is 11.7. The van der Waals surface area contributed by atoms with Crippen LogP contribution in [-0.2, 0) is 4.79 Å². The highest BCUT2D eigenvalue weighted by atomic mass is 16.5. The van der Waals surface area contributed by atoms with Crippen molar-refractivity contribution in [1.29, 1.82) is 0 Å². The van der Waals surface area contributed by atoms with Crippen molar-refractivity contribution >= 4 is 33.5 Å². The number of hydrogen-bond acceptors (Lipinski definition) is 4. The van der Waals surface area contributed by atoms with E-state index >= 15 is 0 Å². The summed E-state index contributed by atoms with van der Waals surface area (Å²) in [6.45, 7) is 1.71. The van der Waals surface area contributed by atoms with E-state index in [9.17, 15) is 4.79 Å². The summed E-state index contributed by atoms with van der Waals surface area (Å²) in [6.07, 6.45) is 1.94. The van der Waals surface area contributed by atoms with Gasteiger partial charge in [-0.2, -0.15) is 0 Å². The predicted octanol–water partition coefficient (Wildman–Crippen LogP) is 3.53. The molecule has 1 saturated heterocycles. The minimum Gasteiger partial charge on any atom is -0.495 e. The summed E-state index contributed by atoms with van der Waals surface area (Å²) in [5, 5.41) is 8.30. The third kappa shape index (κ3) is 2.61. The normalized spacial score (nSPS) is 18.0. The van der Waals surface area contributed by atoms with Crippen molar-refractivity contribution in [2.75, 3.05) is 25.5 Å². The Kier molecular flexibility index (Phi) is 3.86. The topological polar surface area (TPSA) is 63.5 Å². The van der Waals surface area contributed by atoms with Crippen molar-refractivity contribution in [2.45, 2.75) is 12.8 Å². The van der Waals surface area contributed by atoms with Gasteiger partial charge in [0.05, 0.1) is 18.7 Å². The van der Waals surface area contributed by atoms with Crippen LogP contribution in [0.4, 0.5) is 5.69 Å². The van der Waals surface area contributed by atoms with Gasteiger partial charge in [0.2, 0.25) is 5.91 Å². The molecule has 1 atom stereocenters. The number of ether oxygens (including phenoxy) is 1. The van der Waals surface area contributed by atoms with Gasteiger partial charge in [0.15, 0.2) is 0 Å². The summed E-state index contributed by atoms with van der Waals surface area (Å²) in [5.74, 6) is 0.664. The lowest BCUT2D eigenvalue weighted by Gasteiger charge is -2.22. The molecule has 0 bridgehead atoms. The molecular weight excluding hydrogens is 304 g/mol. The molecule has 1 aromatic heterocycles. The van der Waals surface area contributed by atoms with Gasteiger partial charge in [-0.3, -0.25) is 4.79 Å². The maximum absolute atomic E-state index is 12.5. The number of amides is 1. The molecule has 5 nitrogen and oxygen atoms in total. The third-order valence-corrected chi connectivity index (χ3v) is 4.62. The molecule has 0 radical (unpaired) electrons. The molecule has 0 unspecified atom stereocenters. The van der Waals surface area contributed by atoms with Crippen molar-refractivity contribution in [2.24, 2.45) is 5.92 Å². The van der Waals surface area contributed by atoms with Gasteiger partial charge in [0, 0.05) is 23.4 Å². The van der Waals surface area contributed by atoms with Crippen LogP contribution in [0.3, 0.4) is 0 Å². The zero-order chi connectivity index (χ0) is 16.5. The van der Waals surface area contributed by atoms with Crippen LogP contribution < -0.4 is 15.4 Å². The zero-order valence-corrected chi connectivity index (χ0v) is 13.6. The first-order chi connectivity index (χ1) is 11.8. The van der Waals surface area contributed by atoms with Crippen LogP contribution in [0.2, 0.25) is 0 Å². The minimum absolute atomic E-state index is 0.00479. The van der Waals surface area contributed by atoms with Crippen LogP contribution in [0.1, 0.15) is 12.8 Å². The molecule has 0 saturated carbocycles. The molecule has 2 heterocycles. The first-order valence-electron chi connectivity index (χ1n) is 8.27. The minimum atomic E-state index is -0.00479. The van der Waals surface area contributed by atoms with Crippen LogP contribution in [-0.4, -0.2) is 26.1 Å². The first kappa shape index (κ1) is 15.0. The summed E-state index contributed by atoms with van der Waals surface area (Å²) >= 11 is 0. The van der Waals surface area contributed by atoms with E-state index in [1.807, 2.05) is 36.4 Å². The maximum atomic E-state index is 12.5. The Morgan fingerprint density at radius 2 is 2.12 bits per heavy atom. The molecule has 3 aromatic rings. The fraction of sp³-hybridized carbons (Fsp3) is 0.316. The Morgan fingerprint density at radius 3 is 2.92 bits per heavy atom. The monoisotopic (exact) mass is 324 g/mol. The number of carbonyl (C=O) groups is 1. The number of carbonyl (C=O) groups excluding carboxylic acids is 1. The van der Waals surface area contributed by atoms with E-state index in [-0.39, 0.29) is 11.8 Å². The van der Waals surface area contributed by atoms with Crippen LogP contribution in [0.5, 0.6) is 5.75 Å². The highest BCUT2D eigenvalue weighted by Crippen LogP contribution is 2.36. The molecule has 4 rings (SSSR count). The molecule has 1 aliphatic rings. The number of furan rings is 1. The van der Waals surface area contributed by atoms with Gasteiger partial charge in [-0.25, -0.2) is 0 Å². The SMILES string of the molecule is COc1cc2c(cc1NC(=O)[C@@H]1CCCNC1)oc1ccccc12. The van der Waals surface area contributed by atoms with E-state index in [1.165, 1.54) is 0 Å². The molecule has 124 valence electrons. The van der Waals surface area contributed by atoms with E-state index in [2.05, 4.69) is 10.6 Å². The Balaban J connectivity index is 1.71. The molecule has 24 heavy (non-hydrogen) atoms. The lowest BCUT2D eigenvalue weighted by molar-refractivity contribution is -0.120. The highest BCUT2D eigenvalue weighted by Gasteiger charge is 2.22. The standard InChI is InChI=1S/C19H20N2O3/c1-23-18-9-14-13-6-2-3-7-16(13)24-17(14)10-15(18)21-19(22)12-5-4-8-20-11-12/h2-3,6-7,9-10,12,20H,4-5,8,11H2,1H3,(H,21,22)/t12-/m1/s1. The van der Waals surface area contributed by atoms with Gasteiger partial charge in [-0.05, 0) is 31.5 Å². The number of methoxy groups -OCH3 is 1. The number of para-hydroxylation sites is 1. The summed E-state index contributed by atoms with van der Waals surface area (Å²) in [7, 11) is 1.61. The molecule has 5 heteroatoms. The van der Waals surface area contributed by atoms with Gasteiger partial charge < -0.3 is 19.8 Å². The average Bonchev–Trinajstić information content (AvgIpc) is 2.99.